The average Bonchev–Trinajstić information content (AvgIpc) is 2.91. The fourth-order valence-corrected chi connectivity index (χ4v) is 3.12. The van der Waals surface area contributed by atoms with Crippen molar-refractivity contribution in [1.82, 2.24) is 14.7 Å². The highest BCUT2D eigenvalue weighted by Crippen LogP contribution is 2.28. The van der Waals surface area contributed by atoms with Crippen LogP contribution >= 0.6 is 22.9 Å². The third-order valence-electron chi connectivity index (χ3n) is 3.36. The van der Waals surface area contributed by atoms with E-state index >= 15 is 0 Å². The lowest BCUT2D eigenvalue weighted by molar-refractivity contribution is 0.0822. The smallest absolute Gasteiger partial charge is 0.282 e. The Hall–Kier alpha value is -2.38. The van der Waals surface area contributed by atoms with Gasteiger partial charge in [-0.3, -0.25) is 9.59 Å². The van der Waals surface area contributed by atoms with Gasteiger partial charge < -0.3 is 10.6 Å². The zero-order valence-electron chi connectivity index (χ0n) is 12.4. The molecule has 0 radical (unpaired) electrons. The largest absolute Gasteiger partial charge is 0.390 e. The second-order valence-electron chi connectivity index (χ2n) is 5.13. The van der Waals surface area contributed by atoms with Crippen molar-refractivity contribution in [2.75, 3.05) is 19.8 Å². The minimum Gasteiger partial charge on any atom is -0.390 e. The Labute approximate surface area is 140 Å². The fraction of sp³-hybridized carbons (Fsp3) is 0.133. The summed E-state index contributed by atoms with van der Waals surface area (Å²) in [6.45, 7) is 0. The second kappa shape index (κ2) is 5.68. The van der Waals surface area contributed by atoms with Crippen molar-refractivity contribution in [3.8, 4) is 5.69 Å². The van der Waals surface area contributed by atoms with E-state index in [-0.39, 0.29) is 17.2 Å². The molecule has 0 unspecified atom stereocenters. The second-order valence-corrected chi connectivity index (χ2v) is 6.48. The van der Waals surface area contributed by atoms with E-state index < -0.39 is 0 Å². The van der Waals surface area contributed by atoms with Crippen LogP contribution in [0.1, 0.15) is 10.5 Å². The normalized spacial score (nSPS) is 10.9. The number of anilines is 1. The van der Waals surface area contributed by atoms with Crippen LogP contribution in [0.3, 0.4) is 0 Å². The van der Waals surface area contributed by atoms with Crippen molar-refractivity contribution >= 4 is 44.6 Å². The third-order valence-corrected chi connectivity index (χ3v) is 4.42. The molecular formula is C15H13ClN4O2S. The topological polar surface area (TPSA) is 81.2 Å². The van der Waals surface area contributed by atoms with Crippen molar-refractivity contribution < 1.29 is 4.79 Å². The molecule has 1 aromatic carbocycles. The lowest BCUT2D eigenvalue weighted by Gasteiger charge is -2.13. The van der Waals surface area contributed by atoms with Gasteiger partial charge in [0.15, 0.2) is 5.69 Å². The number of amides is 1. The number of nitrogen functional groups attached to an aromatic ring is 1. The lowest BCUT2D eigenvalue weighted by atomic mass is 10.2. The number of carbonyl (C=O) groups excluding carboxylic acids is 1. The number of hydrogen-bond acceptors (Lipinski definition) is 5. The molecule has 0 aliphatic heterocycles. The van der Waals surface area contributed by atoms with Gasteiger partial charge in [0.2, 0.25) is 0 Å². The molecule has 1 amide bonds. The van der Waals surface area contributed by atoms with Crippen LogP contribution in [0.2, 0.25) is 5.02 Å². The molecule has 2 heterocycles. The van der Waals surface area contributed by atoms with E-state index in [1.165, 1.54) is 20.9 Å². The highest BCUT2D eigenvalue weighted by Gasteiger charge is 2.21. The van der Waals surface area contributed by atoms with Gasteiger partial charge in [-0.1, -0.05) is 11.6 Å². The van der Waals surface area contributed by atoms with Crippen molar-refractivity contribution in [1.29, 1.82) is 0 Å². The van der Waals surface area contributed by atoms with Crippen LogP contribution in [0.5, 0.6) is 0 Å². The molecular weight excluding hydrogens is 336 g/mol. The van der Waals surface area contributed by atoms with E-state index in [4.69, 9.17) is 17.3 Å². The van der Waals surface area contributed by atoms with E-state index in [9.17, 15) is 9.59 Å². The zero-order chi connectivity index (χ0) is 16.7. The highest BCUT2D eigenvalue weighted by molar-refractivity contribution is 7.15. The van der Waals surface area contributed by atoms with Crippen molar-refractivity contribution in [3.05, 3.63) is 50.7 Å². The predicted molar refractivity (Wildman–Crippen MR) is 92.7 cm³/mol. The van der Waals surface area contributed by atoms with Gasteiger partial charge in [-0.25, -0.2) is 0 Å². The van der Waals surface area contributed by atoms with Crippen LogP contribution < -0.4 is 11.3 Å². The van der Waals surface area contributed by atoms with Crippen LogP contribution in [-0.2, 0) is 0 Å². The molecule has 2 aromatic heterocycles. The first-order valence-corrected chi connectivity index (χ1v) is 7.93. The molecule has 0 saturated heterocycles. The summed E-state index contributed by atoms with van der Waals surface area (Å²) in [7, 11) is 3.26. The molecule has 23 heavy (non-hydrogen) atoms. The van der Waals surface area contributed by atoms with E-state index in [1.807, 2.05) is 0 Å². The van der Waals surface area contributed by atoms with Gasteiger partial charge in [0, 0.05) is 29.9 Å². The first kappa shape index (κ1) is 15.5. The Bertz CT molecular complexity index is 960. The number of nitrogens with zero attached hydrogens (tertiary/aromatic N) is 3. The summed E-state index contributed by atoms with van der Waals surface area (Å²) in [5.41, 5.74) is 6.26. The number of hydrogen-bond donors (Lipinski definition) is 1. The van der Waals surface area contributed by atoms with Crippen LogP contribution in [-0.4, -0.2) is 34.7 Å². The van der Waals surface area contributed by atoms with Gasteiger partial charge in [-0.2, -0.15) is 9.78 Å². The lowest BCUT2D eigenvalue weighted by Crippen LogP contribution is -2.29. The molecule has 0 aliphatic carbocycles. The number of aromatic nitrogens is 2. The monoisotopic (exact) mass is 348 g/mol. The predicted octanol–water partition coefficient (Wildman–Crippen LogP) is 2.38. The molecule has 0 saturated carbocycles. The Balaban J connectivity index is 2.37. The molecule has 2 N–H and O–H groups in total. The first-order chi connectivity index (χ1) is 10.9. The van der Waals surface area contributed by atoms with E-state index in [2.05, 4.69) is 5.10 Å². The van der Waals surface area contributed by atoms with Gasteiger partial charge in [0.25, 0.3) is 11.5 Å². The first-order valence-electron chi connectivity index (χ1n) is 6.67. The Morgan fingerprint density at radius 3 is 2.57 bits per heavy atom. The van der Waals surface area contributed by atoms with Gasteiger partial charge in [0.05, 0.1) is 16.1 Å². The van der Waals surface area contributed by atoms with Crippen LogP contribution in [0, 0.1) is 0 Å². The maximum absolute atomic E-state index is 12.7. The molecule has 0 bridgehead atoms. The molecule has 0 fully saturated rings. The minimum atomic E-state index is -0.364. The number of benzene rings is 1. The molecule has 0 aliphatic rings. The number of nitrogens with two attached hydrogens (primary N) is 1. The van der Waals surface area contributed by atoms with E-state index in [0.29, 0.717) is 26.5 Å². The summed E-state index contributed by atoms with van der Waals surface area (Å²) in [5.74, 6) is -0.296. The maximum Gasteiger partial charge on any atom is 0.282 e. The maximum atomic E-state index is 12.7. The van der Waals surface area contributed by atoms with Crippen LogP contribution in [0.15, 0.2) is 34.4 Å². The fourth-order valence-electron chi connectivity index (χ4n) is 2.20. The molecule has 3 aromatic rings. The number of halogens is 1. The summed E-state index contributed by atoms with van der Waals surface area (Å²) < 4.78 is 1.18. The highest BCUT2D eigenvalue weighted by atomic mass is 35.5. The number of thiophene rings is 1. The summed E-state index contributed by atoms with van der Waals surface area (Å²) in [4.78, 5) is 26.5. The van der Waals surface area contributed by atoms with Gasteiger partial charge in [-0.05, 0) is 24.3 Å². The molecule has 0 atom stereocenters. The summed E-state index contributed by atoms with van der Waals surface area (Å²) in [5, 5.41) is 7.63. The Morgan fingerprint density at radius 1 is 1.30 bits per heavy atom. The Morgan fingerprint density at radius 2 is 1.96 bits per heavy atom. The van der Waals surface area contributed by atoms with Crippen molar-refractivity contribution in [2.45, 2.75) is 0 Å². The number of rotatable bonds is 2. The average molecular weight is 349 g/mol. The van der Waals surface area contributed by atoms with Crippen LogP contribution in [0.25, 0.3) is 16.5 Å². The summed E-state index contributed by atoms with van der Waals surface area (Å²) in [6, 6.07) is 6.63. The van der Waals surface area contributed by atoms with Gasteiger partial charge in [-0.15, -0.1) is 11.3 Å². The number of carbonyl (C=O) groups is 1. The quantitative estimate of drug-likeness (QED) is 0.771. The molecule has 0 spiro atoms. The molecule has 118 valence electrons. The minimum absolute atomic E-state index is 0.188. The molecule has 8 heteroatoms. The standard InChI is InChI=1S/C15H13ClN4O2S/c1-19(2)15(22)12-10-7-23-13(17)11(10)14(21)20(18-12)9-5-3-8(16)4-6-9/h3-7H,17H2,1-2H3. The Kier molecular flexibility index (Phi) is 3.83. The third kappa shape index (κ3) is 2.58. The van der Waals surface area contributed by atoms with E-state index in [0.717, 1.165) is 0 Å². The molecule has 3 rings (SSSR count). The number of fused-ring (bicyclic) bond motifs is 1. The van der Waals surface area contributed by atoms with Crippen molar-refractivity contribution in [3.63, 3.8) is 0 Å². The van der Waals surface area contributed by atoms with Gasteiger partial charge >= 0.3 is 0 Å². The van der Waals surface area contributed by atoms with Gasteiger partial charge in [0.1, 0.15) is 0 Å². The SMILES string of the molecule is CN(C)C(=O)c1nn(-c2ccc(Cl)cc2)c(=O)c2c(N)scc12. The van der Waals surface area contributed by atoms with E-state index in [1.54, 1.807) is 43.7 Å². The molecule has 6 nitrogen and oxygen atoms in total. The zero-order valence-corrected chi connectivity index (χ0v) is 14.0. The summed E-state index contributed by atoms with van der Waals surface area (Å²) in [6.07, 6.45) is 0. The van der Waals surface area contributed by atoms with Crippen molar-refractivity contribution in [2.24, 2.45) is 0 Å². The summed E-state index contributed by atoms with van der Waals surface area (Å²) >= 11 is 7.09. The van der Waals surface area contributed by atoms with Crippen LogP contribution in [0.4, 0.5) is 5.00 Å².